The first-order valence-electron chi connectivity index (χ1n) is 9.75. The van der Waals surface area contributed by atoms with Crippen LogP contribution in [0.4, 0.5) is 39.5 Å². The number of hydrogen-bond donors (Lipinski definition) is 2. The highest BCUT2D eigenvalue weighted by Gasteiger charge is 2.45. The van der Waals surface area contributed by atoms with Crippen LogP contribution in [0, 0.1) is 17.1 Å². The molecule has 0 saturated heterocycles. The summed E-state index contributed by atoms with van der Waals surface area (Å²) in [6.45, 7) is 0.694. The SMILES string of the molecule is CC(F)(F)c1cccc(-c2nc(Nc3cc(F)cc(C#N)c3)nc(NC3CC(F)(F)C3)n2)n1. The van der Waals surface area contributed by atoms with Gasteiger partial charge in [-0.1, -0.05) is 6.07 Å². The summed E-state index contributed by atoms with van der Waals surface area (Å²) in [4.78, 5) is 16.3. The highest BCUT2D eigenvalue weighted by atomic mass is 19.3. The molecular formula is C21H16F5N7. The molecule has 170 valence electrons. The molecule has 33 heavy (non-hydrogen) atoms. The predicted octanol–water partition coefficient (Wildman–Crippen LogP) is 5.01. The Morgan fingerprint density at radius 1 is 1.06 bits per heavy atom. The molecule has 2 N–H and O–H groups in total. The fourth-order valence-electron chi connectivity index (χ4n) is 3.22. The summed E-state index contributed by atoms with van der Waals surface area (Å²) in [5.74, 6) is -7.00. The van der Waals surface area contributed by atoms with E-state index in [2.05, 4.69) is 30.6 Å². The molecule has 0 unspecified atom stereocenters. The molecule has 0 atom stereocenters. The van der Waals surface area contributed by atoms with E-state index in [0.29, 0.717) is 6.92 Å². The maximum Gasteiger partial charge on any atom is 0.286 e. The fourth-order valence-corrected chi connectivity index (χ4v) is 3.22. The van der Waals surface area contributed by atoms with Crippen LogP contribution in [0.2, 0.25) is 0 Å². The second-order valence-electron chi connectivity index (χ2n) is 7.67. The Labute approximate surface area is 184 Å². The van der Waals surface area contributed by atoms with E-state index >= 15 is 0 Å². The summed E-state index contributed by atoms with van der Waals surface area (Å²) in [5.41, 5.74) is -0.321. The second kappa shape index (κ2) is 8.23. The summed E-state index contributed by atoms with van der Waals surface area (Å²) in [6.07, 6.45) is -0.829. The van der Waals surface area contributed by atoms with Crippen LogP contribution >= 0.6 is 0 Å². The average molecular weight is 461 g/mol. The lowest BCUT2D eigenvalue weighted by atomic mass is 9.88. The van der Waals surface area contributed by atoms with Gasteiger partial charge in [0, 0.05) is 31.5 Å². The molecule has 0 radical (unpaired) electrons. The van der Waals surface area contributed by atoms with Gasteiger partial charge in [0.15, 0.2) is 5.82 Å². The van der Waals surface area contributed by atoms with Crippen molar-refractivity contribution in [3.05, 3.63) is 53.5 Å². The minimum atomic E-state index is -3.21. The molecular weight excluding hydrogens is 445 g/mol. The monoisotopic (exact) mass is 461 g/mol. The summed E-state index contributed by atoms with van der Waals surface area (Å²) in [5, 5.41) is 14.5. The molecule has 0 aliphatic heterocycles. The molecule has 2 heterocycles. The quantitative estimate of drug-likeness (QED) is 0.498. The molecule has 0 spiro atoms. The zero-order valence-electron chi connectivity index (χ0n) is 17.1. The van der Waals surface area contributed by atoms with Crippen LogP contribution in [0.15, 0.2) is 36.4 Å². The van der Waals surface area contributed by atoms with E-state index in [9.17, 15) is 22.0 Å². The van der Waals surface area contributed by atoms with Crippen LogP contribution < -0.4 is 10.6 Å². The van der Waals surface area contributed by atoms with Gasteiger partial charge in [0.1, 0.15) is 17.2 Å². The normalized spacial score (nSPS) is 15.4. The number of benzene rings is 1. The molecule has 4 rings (SSSR count). The van der Waals surface area contributed by atoms with Crippen molar-refractivity contribution < 1.29 is 22.0 Å². The third kappa shape index (κ3) is 5.31. The Morgan fingerprint density at radius 2 is 1.79 bits per heavy atom. The molecule has 2 aromatic heterocycles. The predicted molar refractivity (Wildman–Crippen MR) is 109 cm³/mol. The highest BCUT2D eigenvalue weighted by molar-refractivity contribution is 5.60. The zero-order chi connectivity index (χ0) is 23.8. The molecule has 1 saturated carbocycles. The molecule has 1 aromatic carbocycles. The lowest BCUT2D eigenvalue weighted by Crippen LogP contribution is -2.44. The number of rotatable bonds is 6. The topological polar surface area (TPSA) is 99.4 Å². The zero-order valence-corrected chi connectivity index (χ0v) is 17.1. The Hall–Kier alpha value is -3.88. The Bertz CT molecular complexity index is 1230. The van der Waals surface area contributed by atoms with E-state index in [1.807, 2.05) is 6.07 Å². The van der Waals surface area contributed by atoms with Crippen LogP contribution in [0.25, 0.3) is 11.5 Å². The number of aromatic nitrogens is 4. The molecule has 3 aromatic rings. The average Bonchev–Trinajstić information content (AvgIpc) is 2.71. The van der Waals surface area contributed by atoms with Gasteiger partial charge in [-0.2, -0.15) is 29.0 Å². The number of nitriles is 1. The number of nitrogens with zero attached hydrogens (tertiary/aromatic N) is 5. The maximum atomic E-state index is 13.8. The van der Waals surface area contributed by atoms with Gasteiger partial charge >= 0.3 is 0 Å². The first kappa shape index (κ1) is 22.3. The molecule has 1 aliphatic rings. The number of anilines is 3. The van der Waals surface area contributed by atoms with Crippen LogP contribution in [-0.2, 0) is 5.92 Å². The lowest BCUT2D eigenvalue weighted by molar-refractivity contribution is -0.0794. The first-order chi connectivity index (χ1) is 15.5. The van der Waals surface area contributed by atoms with E-state index in [4.69, 9.17) is 5.26 Å². The van der Waals surface area contributed by atoms with E-state index in [1.165, 1.54) is 18.2 Å². The van der Waals surface area contributed by atoms with Gasteiger partial charge in [0.25, 0.3) is 11.8 Å². The van der Waals surface area contributed by atoms with Crippen molar-refractivity contribution >= 4 is 17.6 Å². The van der Waals surface area contributed by atoms with Gasteiger partial charge in [0.2, 0.25) is 11.9 Å². The summed E-state index contributed by atoms with van der Waals surface area (Å²) in [6, 6.07) is 8.62. The smallest absolute Gasteiger partial charge is 0.286 e. The van der Waals surface area contributed by atoms with E-state index in [-0.39, 0.29) is 34.7 Å². The van der Waals surface area contributed by atoms with E-state index < -0.39 is 42.2 Å². The fraction of sp³-hybridized carbons (Fsp3) is 0.286. The molecule has 7 nitrogen and oxygen atoms in total. The molecule has 1 aliphatic carbocycles. The largest absolute Gasteiger partial charge is 0.351 e. The van der Waals surface area contributed by atoms with Crippen molar-refractivity contribution in [2.75, 3.05) is 10.6 Å². The summed E-state index contributed by atoms with van der Waals surface area (Å²) in [7, 11) is 0. The van der Waals surface area contributed by atoms with Gasteiger partial charge < -0.3 is 10.6 Å². The van der Waals surface area contributed by atoms with Gasteiger partial charge in [-0.05, 0) is 30.3 Å². The van der Waals surface area contributed by atoms with Crippen LogP contribution in [0.5, 0.6) is 0 Å². The van der Waals surface area contributed by atoms with Crippen molar-refractivity contribution in [1.29, 1.82) is 5.26 Å². The number of hydrogen-bond acceptors (Lipinski definition) is 7. The minimum Gasteiger partial charge on any atom is -0.351 e. The van der Waals surface area contributed by atoms with E-state index in [1.54, 1.807) is 0 Å². The van der Waals surface area contributed by atoms with Crippen molar-refractivity contribution in [3.63, 3.8) is 0 Å². The lowest BCUT2D eigenvalue weighted by Gasteiger charge is -2.35. The molecule has 0 bridgehead atoms. The van der Waals surface area contributed by atoms with Gasteiger partial charge in [-0.25, -0.2) is 18.2 Å². The molecule has 12 heteroatoms. The number of halogens is 5. The Kier molecular flexibility index (Phi) is 5.57. The Morgan fingerprint density at radius 3 is 2.45 bits per heavy atom. The maximum absolute atomic E-state index is 13.8. The third-order valence-corrected chi connectivity index (χ3v) is 4.77. The van der Waals surface area contributed by atoms with Crippen LogP contribution in [-0.4, -0.2) is 31.9 Å². The van der Waals surface area contributed by atoms with Crippen LogP contribution in [0.1, 0.15) is 31.0 Å². The number of pyridine rings is 1. The summed E-state index contributed by atoms with van der Waals surface area (Å²) < 4.78 is 67.7. The van der Waals surface area contributed by atoms with Crippen LogP contribution in [0.3, 0.4) is 0 Å². The molecule has 0 amide bonds. The van der Waals surface area contributed by atoms with Crippen molar-refractivity contribution in [3.8, 4) is 17.6 Å². The first-order valence-corrected chi connectivity index (χ1v) is 9.75. The van der Waals surface area contributed by atoms with Crippen molar-refractivity contribution in [2.24, 2.45) is 0 Å². The minimum absolute atomic E-state index is 0.00146. The van der Waals surface area contributed by atoms with Crippen molar-refractivity contribution in [1.82, 2.24) is 19.9 Å². The van der Waals surface area contributed by atoms with E-state index in [0.717, 1.165) is 18.2 Å². The summed E-state index contributed by atoms with van der Waals surface area (Å²) >= 11 is 0. The van der Waals surface area contributed by atoms with Crippen molar-refractivity contribution in [2.45, 2.75) is 37.7 Å². The standard InChI is InChI=1S/C21H16F5N7/c1-20(23,24)16-4-2-3-15(30-16)17-31-18(28-13-6-11(10-27)5-12(22)7-13)33-19(32-17)29-14-8-21(25,26)9-14/h2-7,14H,8-9H2,1H3,(H2,28,29,31,32,33). The molecule has 1 fully saturated rings. The highest BCUT2D eigenvalue weighted by Crippen LogP contribution is 2.39. The Balaban J connectivity index is 1.71. The van der Waals surface area contributed by atoms with Gasteiger partial charge in [-0.15, -0.1) is 0 Å². The van der Waals surface area contributed by atoms with Gasteiger partial charge in [0.05, 0.1) is 11.6 Å². The number of alkyl halides is 4. The number of nitrogens with one attached hydrogen (secondary N) is 2. The third-order valence-electron chi connectivity index (χ3n) is 4.77. The second-order valence-corrected chi connectivity index (χ2v) is 7.67. The van der Waals surface area contributed by atoms with Gasteiger partial charge in [-0.3, -0.25) is 0 Å².